The Morgan fingerprint density at radius 2 is 1.56 bits per heavy atom. The Kier molecular flexibility index (Phi) is 3.68. The van der Waals surface area contributed by atoms with Crippen molar-refractivity contribution in [3.63, 3.8) is 0 Å². The summed E-state index contributed by atoms with van der Waals surface area (Å²) in [6, 6.07) is 18.1. The van der Waals surface area contributed by atoms with Crippen molar-refractivity contribution in [3.05, 3.63) is 65.7 Å². The molecule has 0 amide bonds. The Morgan fingerprint density at radius 3 is 2.11 bits per heavy atom. The summed E-state index contributed by atoms with van der Waals surface area (Å²) >= 11 is 0. The van der Waals surface area contributed by atoms with Crippen LogP contribution in [0, 0.1) is 0 Å². The number of nitrogens with two attached hydrogens (primary N) is 1. The molecular weight excluding hydrogens is 222 g/mol. The summed E-state index contributed by atoms with van der Waals surface area (Å²) in [6.45, 7) is 4.58. The zero-order valence-corrected chi connectivity index (χ0v) is 10.9. The monoisotopic (exact) mass is 241 g/mol. The highest BCUT2D eigenvalue weighted by atomic mass is 16.5. The summed E-state index contributed by atoms with van der Waals surface area (Å²) in [6.07, 6.45) is 0. The zero-order valence-electron chi connectivity index (χ0n) is 10.9. The van der Waals surface area contributed by atoms with Gasteiger partial charge in [0, 0.05) is 5.54 Å². The standard InChI is InChI=1S/C16H19NO/c1-16(2,17)14-8-10-15(11-9-14)18-12-13-6-4-3-5-7-13/h3-11H,12,17H2,1-2H3. The van der Waals surface area contributed by atoms with Crippen LogP contribution in [0.1, 0.15) is 25.0 Å². The molecule has 18 heavy (non-hydrogen) atoms. The van der Waals surface area contributed by atoms with Crippen LogP contribution in [0.15, 0.2) is 54.6 Å². The number of hydrogen-bond donors (Lipinski definition) is 1. The van der Waals surface area contributed by atoms with Gasteiger partial charge in [0.2, 0.25) is 0 Å². The summed E-state index contributed by atoms with van der Waals surface area (Å²) in [5.74, 6) is 0.867. The molecule has 0 saturated heterocycles. The Balaban J connectivity index is 1.99. The van der Waals surface area contributed by atoms with Crippen LogP contribution in [-0.2, 0) is 12.1 Å². The Labute approximate surface area is 108 Å². The van der Waals surface area contributed by atoms with Crippen molar-refractivity contribution in [2.45, 2.75) is 26.0 Å². The lowest BCUT2D eigenvalue weighted by Crippen LogP contribution is -2.28. The van der Waals surface area contributed by atoms with E-state index in [0.29, 0.717) is 6.61 Å². The van der Waals surface area contributed by atoms with Gasteiger partial charge >= 0.3 is 0 Å². The first-order valence-electron chi connectivity index (χ1n) is 6.12. The number of ether oxygens (including phenoxy) is 1. The van der Waals surface area contributed by atoms with E-state index in [1.54, 1.807) is 0 Å². The molecule has 2 heteroatoms. The minimum absolute atomic E-state index is 0.308. The third-order valence-electron chi connectivity index (χ3n) is 2.85. The van der Waals surface area contributed by atoms with E-state index in [9.17, 15) is 0 Å². The zero-order chi connectivity index (χ0) is 13.0. The van der Waals surface area contributed by atoms with Crippen molar-refractivity contribution in [3.8, 4) is 5.75 Å². The second-order valence-corrected chi connectivity index (χ2v) is 5.02. The molecule has 0 aliphatic rings. The summed E-state index contributed by atoms with van der Waals surface area (Å²) in [7, 11) is 0. The maximum Gasteiger partial charge on any atom is 0.119 e. The Bertz CT molecular complexity index is 483. The first kappa shape index (κ1) is 12.7. The van der Waals surface area contributed by atoms with Crippen molar-refractivity contribution in [2.24, 2.45) is 5.73 Å². The van der Waals surface area contributed by atoms with Gasteiger partial charge in [-0.3, -0.25) is 0 Å². The highest BCUT2D eigenvalue weighted by Gasteiger charge is 2.13. The van der Waals surface area contributed by atoms with Gasteiger partial charge in [-0.1, -0.05) is 42.5 Å². The summed E-state index contributed by atoms with van der Waals surface area (Å²) in [4.78, 5) is 0. The van der Waals surface area contributed by atoms with Crippen LogP contribution in [0.4, 0.5) is 0 Å². The molecule has 0 aliphatic heterocycles. The van der Waals surface area contributed by atoms with Gasteiger partial charge in [0.25, 0.3) is 0 Å². The molecule has 0 bridgehead atoms. The van der Waals surface area contributed by atoms with Crippen LogP contribution in [0.25, 0.3) is 0 Å². The molecule has 0 fully saturated rings. The minimum Gasteiger partial charge on any atom is -0.489 e. The number of hydrogen-bond acceptors (Lipinski definition) is 2. The number of benzene rings is 2. The normalized spacial score (nSPS) is 11.3. The van der Waals surface area contributed by atoms with Crippen molar-refractivity contribution in [2.75, 3.05) is 0 Å². The smallest absolute Gasteiger partial charge is 0.119 e. The molecule has 2 nitrogen and oxygen atoms in total. The molecule has 0 unspecified atom stereocenters. The molecule has 94 valence electrons. The average molecular weight is 241 g/mol. The molecule has 0 saturated carbocycles. The van der Waals surface area contributed by atoms with E-state index in [1.165, 1.54) is 5.56 Å². The first-order valence-corrected chi connectivity index (χ1v) is 6.12. The highest BCUT2D eigenvalue weighted by Crippen LogP contribution is 2.20. The first-order chi connectivity index (χ1) is 8.55. The largest absolute Gasteiger partial charge is 0.489 e. The van der Waals surface area contributed by atoms with E-state index in [-0.39, 0.29) is 5.54 Å². The van der Waals surface area contributed by atoms with Crippen molar-refractivity contribution < 1.29 is 4.74 Å². The lowest BCUT2D eigenvalue weighted by atomic mass is 9.96. The summed E-state index contributed by atoms with van der Waals surface area (Å²) in [5, 5.41) is 0. The van der Waals surface area contributed by atoms with Gasteiger partial charge in [-0.05, 0) is 37.1 Å². The Morgan fingerprint density at radius 1 is 0.944 bits per heavy atom. The molecule has 0 aliphatic carbocycles. The quantitative estimate of drug-likeness (QED) is 0.889. The lowest BCUT2D eigenvalue weighted by Gasteiger charge is -2.19. The van der Waals surface area contributed by atoms with Crippen LogP contribution in [-0.4, -0.2) is 0 Å². The third kappa shape index (κ3) is 3.34. The van der Waals surface area contributed by atoms with Crippen LogP contribution >= 0.6 is 0 Å². The fraction of sp³-hybridized carbons (Fsp3) is 0.250. The van der Waals surface area contributed by atoms with E-state index in [0.717, 1.165) is 11.3 Å². The summed E-state index contributed by atoms with van der Waals surface area (Å²) in [5.41, 5.74) is 8.00. The molecule has 2 aromatic carbocycles. The highest BCUT2D eigenvalue weighted by molar-refractivity contribution is 5.31. The maximum absolute atomic E-state index is 6.03. The lowest BCUT2D eigenvalue weighted by molar-refractivity contribution is 0.306. The van der Waals surface area contributed by atoms with E-state index in [2.05, 4.69) is 12.1 Å². The van der Waals surface area contributed by atoms with Crippen molar-refractivity contribution >= 4 is 0 Å². The second kappa shape index (κ2) is 5.23. The molecule has 0 aromatic heterocycles. The van der Waals surface area contributed by atoms with Crippen LogP contribution in [0.2, 0.25) is 0 Å². The summed E-state index contributed by atoms with van der Waals surface area (Å²) < 4.78 is 5.72. The maximum atomic E-state index is 6.03. The molecule has 0 atom stereocenters. The van der Waals surface area contributed by atoms with Gasteiger partial charge in [-0.2, -0.15) is 0 Å². The fourth-order valence-electron chi connectivity index (χ4n) is 1.72. The van der Waals surface area contributed by atoms with Crippen LogP contribution in [0.3, 0.4) is 0 Å². The van der Waals surface area contributed by atoms with E-state index in [4.69, 9.17) is 10.5 Å². The molecule has 2 aromatic rings. The van der Waals surface area contributed by atoms with Crippen LogP contribution in [0.5, 0.6) is 5.75 Å². The van der Waals surface area contributed by atoms with Gasteiger partial charge in [0.15, 0.2) is 0 Å². The minimum atomic E-state index is -0.308. The van der Waals surface area contributed by atoms with E-state index in [1.807, 2.05) is 56.3 Å². The van der Waals surface area contributed by atoms with Crippen molar-refractivity contribution in [1.82, 2.24) is 0 Å². The van der Waals surface area contributed by atoms with Gasteiger partial charge in [-0.25, -0.2) is 0 Å². The van der Waals surface area contributed by atoms with Gasteiger partial charge < -0.3 is 10.5 Å². The van der Waals surface area contributed by atoms with E-state index < -0.39 is 0 Å². The molecule has 0 radical (unpaired) electrons. The van der Waals surface area contributed by atoms with E-state index >= 15 is 0 Å². The van der Waals surface area contributed by atoms with Gasteiger partial charge in [0.05, 0.1) is 0 Å². The topological polar surface area (TPSA) is 35.2 Å². The average Bonchev–Trinajstić information content (AvgIpc) is 2.37. The molecule has 0 spiro atoms. The SMILES string of the molecule is CC(C)(N)c1ccc(OCc2ccccc2)cc1. The van der Waals surface area contributed by atoms with Gasteiger partial charge in [-0.15, -0.1) is 0 Å². The fourth-order valence-corrected chi connectivity index (χ4v) is 1.72. The van der Waals surface area contributed by atoms with Crippen molar-refractivity contribution in [1.29, 1.82) is 0 Å². The molecular formula is C16H19NO. The second-order valence-electron chi connectivity index (χ2n) is 5.02. The predicted molar refractivity (Wildman–Crippen MR) is 74.4 cm³/mol. The predicted octanol–water partition coefficient (Wildman–Crippen LogP) is 3.46. The Hall–Kier alpha value is -1.80. The van der Waals surface area contributed by atoms with Crippen LogP contribution < -0.4 is 10.5 Å². The molecule has 2 N–H and O–H groups in total. The molecule has 0 heterocycles. The van der Waals surface area contributed by atoms with Gasteiger partial charge in [0.1, 0.15) is 12.4 Å². The third-order valence-corrected chi connectivity index (χ3v) is 2.85. The number of rotatable bonds is 4. The molecule has 2 rings (SSSR count).